The van der Waals surface area contributed by atoms with Gasteiger partial charge in [0.25, 0.3) is 5.91 Å². The molecule has 0 aliphatic carbocycles. The number of hydrogen-bond acceptors (Lipinski definition) is 6. The van der Waals surface area contributed by atoms with Gasteiger partial charge in [0, 0.05) is 32.6 Å². The zero-order chi connectivity index (χ0) is 28.2. The monoisotopic (exact) mass is 546 g/mol. The van der Waals surface area contributed by atoms with Crippen LogP contribution in [0.4, 0.5) is 5.82 Å². The van der Waals surface area contributed by atoms with Crippen molar-refractivity contribution < 1.29 is 9.53 Å². The molecule has 208 valence electrons. The Balaban J connectivity index is 1.30. The minimum absolute atomic E-state index is 0.00308. The molecule has 1 amide bonds. The topological polar surface area (TPSA) is 76.4 Å². The molecule has 1 saturated heterocycles. The van der Waals surface area contributed by atoms with E-state index in [1.165, 1.54) is 5.56 Å². The molecule has 1 aliphatic rings. The Hall–Kier alpha value is -4.72. The highest BCUT2D eigenvalue weighted by Gasteiger charge is 2.25. The largest absolute Gasteiger partial charge is 0.484 e. The molecule has 41 heavy (non-hydrogen) atoms. The molecule has 1 fully saturated rings. The number of amides is 1. The molecule has 3 heterocycles. The highest BCUT2D eigenvalue weighted by molar-refractivity contribution is 5.91. The third-order valence-corrected chi connectivity index (χ3v) is 7.47. The second-order valence-electron chi connectivity index (χ2n) is 10.5. The number of carbonyl (C=O) groups is 1. The predicted octanol–water partition coefficient (Wildman–Crippen LogP) is 5.14. The van der Waals surface area contributed by atoms with Crippen LogP contribution in [0.3, 0.4) is 0 Å². The molecule has 8 nitrogen and oxygen atoms in total. The number of anilines is 1. The summed E-state index contributed by atoms with van der Waals surface area (Å²) in [7, 11) is 0. The van der Waals surface area contributed by atoms with E-state index in [4.69, 9.17) is 19.8 Å². The van der Waals surface area contributed by atoms with Gasteiger partial charge in [-0.3, -0.25) is 4.79 Å². The Labute approximate surface area is 240 Å². The predicted molar refractivity (Wildman–Crippen MR) is 161 cm³/mol. The van der Waals surface area contributed by atoms with E-state index in [2.05, 4.69) is 36.1 Å². The lowest BCUT2D eigenvalue weighted by Gasteiger charge is -2.24. The SMILES string of the molecule is Cc1ccc(Cc2nc(N3CCCN(C(=O)COc4ccccc4)CC3)c3c(C)nn(-c4ccccc4)c3n2)cc1. The summed E-state index contributed by atoms with van der Waals surface area (Å²) in [6.45, 7) is 6.88. The van der Waals surface area contributed by atoms with E-state index in [1.807, 2.05) is 77.2 Å². The highest BCUT2D eigenvalue weighted by Crippen LogP contribution is 2.30. The van der Waals surface area contributed by atoms with Crippen molar-refractivity contribution in [3.05, 3.63) is 108 Å². The second kappa shape index (κ2) is 11.8. The number of rotatable bonds is 7. The average molecular weight is 547 g/mol. The summed E-state index contributed by atoms with van der Waals surface area (Å²) in [6.07, 6.45) is 1.46. The van der Waals surface area contributed by atoms with E-state index < -0.39 is 0 Å². The number of fused-ring (bicyclic) bond motifs is 1. The average Bonchev–Trinajstić information content (AvgIpc) is 3.16. The lowest BCUT2D eigenvalue weighted by Crippen LogP contribution is -2.38. The van der Waals surface area contributed by atoms with Crippen molar-refractivity contribution in [3.8, 4) is 11.4 Å². The zero-order valence-electron chi connectivity index (χ0n) is 23.5. The van der Waals surface area contributed by atoms with Gasteiger partial charge in [-0.2, -0.15) is 5.10 Å². The van der Waals surface area contributed by atoms with Crippen molar-refractivity contribution in [1.29, 1.82) is 0 Å². The van der Waals surface area contributed by atoms with Crippen LogP contribution in [0.25, 0.3) is 16.7 Å². The normalized spacial score (nSPS) is 13.8. The van der Waals surface area contributed by atoms with Crippen LogP contribution in [0.1, 0.15) is 29.1 Å². The van der Waals surface area contributed by atoms with Gasteiger partial charge in [-0.25, -0.2) is 14.6 Å². The molecule has 0 unspecified atom stereocenters. The number of benzene rings is 3. The van der Waals surface area contributed by atoms with Gasteiger partial charge in [-0.15, -0.1) is 0 Å². The van der Waals surface area contributed by atoms with Crippen molar-refractivity contribution in [1.82, 2.24) is 24.6 Å². The molecule has 5 aromatic rings. The number of hydrogen-bond donors (Lipinski definition) is 0. The number of para-hydroxylation sites is 2. The van der Waals surface area contributed by atoms with E-state index in [1.54, 1.807) is 0 Å². The highest BCUT2D eigenvalue weighted by atomic mass is 16.5. The summed E-state index contributed by atoms with van der Waals surface area (Å²) in [4.78, 5) is 27.4. The van der Waals surface area contributed by atoms with Gasteiger partial charge in [-0.05, 0) is 50.1 Å². The third-order valence-electron chi connectivity index (χ3n) is 7.47. The third kappa shape index (κ3) is 5.91. The van der Waals surface area contributed by atoms with Gasteiger partial charge in [0.05, 0.1) is 16.8 Å². The molecule has 0 bridgehead atoms. The van der Waals surface area contributed by atoms with Crippen molar-refractivity contribution in [2.75, 3.05) is 37.7 Å². The molecule has 0 atom stereocenters. The van der Waals surface area contributed by atoms with Crippen LogP contribution in [0.15, 0.2) is 84.9 Å². The molecule has 0 radical (unpaired) electrons. The first kappa shape index (κ1) is 26.5. The number of nitrogens with zero attached hydrogens (tertiary/aromatic N) is 6. The summed E-state index contributed by atoms with van der Waals surface area (Å²) < 4.78 is 7.65. The molecule has 2 aromatic heterocycles. The first-order valence-corrected chi connectivity index (χ1v) is 14.1. The molecule has 1 aliphatic heterocycles. The van der Waals surface area contributed by atoms with E-state index >= 15 is 0 Å². The van der Waals surface area contributed by atoms with Gasteiger partial charge < -0.3 is 14.5 Å². The van der Waals surface area contributed by atoms with E-state index in [0.29, 0.717) is 31.8 Å². The maximum absolute atomic E-state index is 13.0. The molecule has 6 rings (SSSR count). The number of ether oxygens (including phenoxy) is 1. The molecule has 0 saturated carbocycles. The Bertz CT molecular complexity index is 1630. The number of aryl methyl sites for hydroxylation is 2. The van der Waals surface area contributed by atoms with Crippen LogP contribution >= 0.6 is 0 Å². The van der Waals surface area contributed by atoms with Gasteiger partial charge >= 0.3 is 0 Å². The van der Waals surface area contributed by atoms with E-state index in [-0.39, 0.29) is 12.5 Å². The van der Waals surface area contributed by atoms with Crippen LogP contribution in [-0.2, 0) is 11.2 Å². The second-order valence-corrected chi connectivity index (χ2v) is 10.5. The van der Waals surface area contributed by atoms with Crippen molar-refractivity contribution >= 4 is 22.8 Å². The molecular formula is C33H34N6O2. The Kier molecular flexibility index (Phi) is 7.63. The summed E-state index contributed by atoms with van der Waals surface area (Å²) in [5, 5.41) is 5.85. The van der Waals surface area contributed by atoms with Gasteiger partial charge in [0.15, 0.2) is 12.3 Å². The fraction of sp³-hybridized carbons (Fsp3) is 0.273. The van der Waals surface area contributed by atoms with Crippen LogP contribution < -0.4 is 9.64 Å². The van der Waals surface area contributed by atoms with Crippen molar-refractivity contribution in [3.63, 3.8) is 0 Å². The zero-order valence-corrected chi connectivity index (χ0v) is 23.5. The minimum atomic E-state index is -0.00308. The first-order valence-electron chi connectivity index (χ1n) is 14.1. The molecule has 0 N–H and O–H groups in total. The first-order chi connectivity index (χ1) is 20.0. The lowest BCUT2D eigenvalue weighted by atomic mass is 10.1. The molecule has 8 heteroatoms. The summed E-state index contributed by atoms with van der Waals surface area (Å²) >= 11 is 0. The van der Waals surface area contributed by atoms with Crippen molar-refractivity contribution in [2.24, 2.45) is 0 Å². The fourth-order valence-electron chi connectivity index (χ4n) is 5.28. The molecule has 3 aromatic carbocycles. The Morgan fingerprint density at radius 1 is 0.829 bits per heavy atom. The van der Waals surface area contributed by atoms with Crippen LogP contribution in [0.5, 0.6) is 5.75 Å². The van der Waals surface area contributed by atoms with Crippen LogP contribution in [0, 0.1) is 13.8 Å². The summed E-state index contributed by atoms with van der Waals surface area (Å²) in [6, 6.07) is 28.1. The van der Waals surface area contributed by atoms with Gasteiger partial charge in [-0.1, -0.05) is 66.2 Å². The maximum atomic E-state index is 13.0. The van der Waals surface area contributed by atoms with E-state index in [9.17, 15) is 4.79 Å². The smallest absolute Gasteiger partial charge is 0.260 e. The molecule has 0 spiro atoms. The van der Waals surface area contributed by atoms with Gasteiger partial charge in [0.1, 0.15) is 17.4 Å². The maximum Gasteiger partial charge on any atom is 0.260 e. The summed E-state index contributed by atoms with van der Waals surface area (Å²) in [5.41, 5.74) is 5.03. The van der Waals surface area contributed by atoms with Crippen molar-refractivity contribution in [2.45, 2.75) is 26.7 Å². The van der Waals surface area contributed by atoms with Gasteiger partial charge in [0.2, 0.25) is 0 Å². The van der Waals surface area contributed by atoms with Crippen LogP contribution in [-0.4, -0.2) is 63.3 Å². The number of carbonyl (C=O) groups excluding carboxylic acids is 1. The van der Waals surface area contributed by atoms with E-state index in [0.717, 1.165) is 52.6 Å². The van der Waals surface area contributed by atoms with Crippen LogP contribution in [0.2, 0.25) is 0 Å². The lowest BCUT2D eigenvalue weighted by molar-refractivity contribution is -0.133. The standard InChI is InChI=1S/C33H34N6O2/c1-24-14-16-26(17-15-24)22-29-34-32(31-25(2)36-39(33(31)35-29)27-10-5-3-6-11-27)38-19-9-18-37(20-21-38)30(40)23-41-28-12-7-4-8-13-28/h3-8,10-17H,9,18-23H2,1-2H3. The summed E-state index contributed by atoms with van der Waals surface area (Å²) in [5.74, 6) is 2.33. The fourth-order valence-corrected chi connectivity index (χ4v) is 5.28. The number of aromatic nitrogens is 4. The minimum Gasteiger partial charge on any atom is -0.484 e. The Morgan fingerprint density at radius 3 is 2.32 bits per heavy atom. The Morgan fingerprint density at radius 2 is 1.56 bits per heavy atom. The molecular weight excluding hydrogens is 512 g/mol. The quantitative estimate of drug-likeness (QED) is 0.281.